The largest absolute Gasteiger partial charge is 0.478 e. The van der Waals surface area contributed by atoms with Gasteiger partial charge in [-0.25, -0.2) is 14.4 Å². The van der Waals surface area contributed by atoms with Crippen LogP contribution in [0.5, 0.6) is 0 Å². The summed E-state index contributed by atoms with van der Waals surface area (Å²) in [6.07, 6.45) is -0.910. The highest BCUT2D eigenvalue weighted by atomic mass is 16.5. The van der Waals surface area contributed by atoms with Crippen molar-refractivity contribution in [2.75, 3.05) is 18.5 Å². The molecule has 8 nitrogen and oxygen atoms in total. The summed E-state index contributed by atoms with van der Waals surface area (Å²) in [6, 6.07) is 3.84. The fraction of sp³-hybridized carbons (Fsp3) is 0.250. The number of anilines is 1. The Labute approximate surface area is 114 Å². The number of ether oxygens (including phenoxy) is 1. The van der Waals surface area contributed by atoms with Crippen LogP contribution in [0.25, 0.3) is 0 Å². The highest BCUT2D eigenvalue weighted by Gasteiger charge is 2.08. The van der Waals surface area contributed by atoms with Crippen LogP contribution in [0.1, 0.15) is 15.9 Å². The van der Waals surface area contributed by atoms with Gasteiger partial charge in [0.05, 0.1) is 12.1 Å². The lowest BCUT2D eigenvalue weighted by Gasteiger charge is -2.10. The van der Waals surface area contributed by atoms with Crippen LogP contribution in [-0.4, -0.2) is 36.4 Å². The molecule has 0 aliphatic carbocycles. The number of hydrogen-bond acceptors (Lipinski definition) is 4. The molecule has 1 rings (SSSR count). The maximum Gasteiger partial charge on any atom is 0.404 e. The second kappa shape index (κ2) is 6.98. The number of hydrogen-bond donors (Lipinski definition) is 4. The van der Waals surface area contributed by atoms with E-state index >= 15 is 0 Å². The van der Waals surface area contributed by atoms with E-state index in [9.17, 15) is 14.4 Å². The van der Waals surface area contributed by atoms with Gasteiger partial charge in [-0.05, 0) is 30.7 Å². The first-order valence-corrected chi connectivity index (χ1v) is 5.71. The Morgan fingerprint density at radius 2 is 2.05 bits per heavy atom. The van der Waals surface area contributed by atoms with E-state index in [1.54, 1.807) is 6.92 Å². The summed E-state index contributed by atoms with van der Waals surface area (Å²) in [5.74, 6) is -1.03. The Morgan fingerprint density at radius 1 is 1.35 bits per heavy atom. The standard InChI is InChI=1S/C12H15N3O5/c1-7-6-8(10(16)17)2-3-9(7)15-12(19)14-4-5-20-11(13)18/h2-3,6H,4-5H2,1H3,(H2,13,18)(H,16,17)(H2,14,15,19). The topological polar surface area (TPSA) is 131 Å². The number of nitrogens with one attached hydrogen (secondary N) is 2. The number of rotatable bonds is 5. The smallest absolute Gasteiger partial charge is 0.404 e. The second-order valence-electron chi connectivity index (χ2n) is 3.88. The number of aryl methyl sites for hydroxylation is 1. The Kier molecular flexibility index (Phi) is 5.33. The number of carbonyl (C=O) groups is 3. The first-order chi connectivity index (χ1) is 9.40. The number of benzene rings is 1. The molecule has 0 aromatic heterocycles. The molecule has 1 aromatic rings. The van der Waals surface area contributed by atoms with Gasteiger partial charge in [-0.3, -0.25) is 0 Å². The van der Waals surface area contributed by atoms with Crippen molar-refractivity contribution < 1.29 is 24.2 Å². The van der Waals surface area contributed by atoms with Gasteiger partial charge < -0.3 is 26.2 Å². The average Bonchev–Trinajstić information content (AvgIpc) is 2.36. The molecule has 1 aromatic carbocycles. The zero-order chi connectivity index (χ0) is 15.1. The van der Waals surface area contributed by atoms with E-state index in [4.69, 9.17) is 10.8 Å². The minimum atomic E-state index is -1.03. The van der Waals surface area contributed by atoms with Crippen LogP contribution >= 0.6 is 0 Å². The maximum atomic E-state index is 11.5. The lowest BCUT2D eigenvalue weighted by atomic mass is 10.1. The molecule has 3 amide bonds. The van der Waals surface area contributed by atoms with Crippen LogP contribution in [0.4, 0.5) is 15.3 Å². The van der Waals surface area contributed by atoms with Crippen molar-refractivity contribution in [2.24, 2.45) is 5.73 Å². The van der Waals surface area contributed by atoms with Gasteiger partial charge in [0.1, 0.15) is 6.61 Å². The first kappa shape index (κ1) is 15.3. The molecule has 0 radical (unpaired) electrons. The highest BCUT2D eigenvalue weighted by Crippen LogP contribution is 2.16. The summed E-state index contributed by atoms with van der Waals surface area (Å²) in [7, 11) is 0. The SMILES string of the molecule is Cc1cc(C(=O)O)ccc1NC(=O)NCCOC(N)=O. The van der Waals surface area contributed by atoms with Crippen molar-refractivity contribution in [2.45, 2.75) is 6.92 Å². The van der Waals surface area contributed by atoms with Crippen LogP contribution in [0, 0.1) is 6.92 Å². The number of urea groups is 1. The Hall–Kier alpha value is -2.77. The van der Waals surface area contributed by atoms with Crippen molar-refractivity contribution >= 4 is 23.8 Å². The summed E-state index contributed by atoms with van der Waals surface area (Å²) >= 11 is 0. The molecule has 0 fully saturated rings. The van der Waals surface area contributed by atoms with Crippen LogP contribution in [0.15, 0.2) is 18.2 Å². The summed E-state index contributed by atoms with van der Waals surface area (Å²) < 4.78 is 4.44. The number of primary amides is 1. The monoisotopic (exact) mass is 281 g/mol. The van der Waals surface area contributed by atoms with Gasteiger partial charge in [0.15, 0.2) is 0 Å². The Balaban J connectivity index is 2.50. The third-order valence-corrected chi connectivity index (χ3v) is 2.35. The van der Waals surface area contributed by atoms with Gasteiger partial charge in [-0.2, -0.15) is 0 Å². The van der Waals surface area contributed by atoms with E-state index < -0.39 is 18.1 Å². The quantitative estimate of drug-likeness (QED) is 0.596. The lowest BCUT2D eigenvalue weighted by Crippen LogP contribution is -2.32. The summed E-state index contributed by atoms with van der Waals surface area (Å²) in [5.41, 5.74) is 6.00. The number of nitrogens with two attached hydrogens (primary N) is 1. The molecule has 0 saturated carbocycles. The van der Waals surface area contributed by atoms with E-state index in [1.807, 2.05) is 0 Å². The second-order valence-corrected chi connectivity index (χ2v) is 3.88. The normalized spacial score (nSPS) is 9.65. The van der Waals surface area contributed by atoms with E-state index in [-0.39, 0.29) is 18.7 Å². The van der Waals surface area contributed by atoms with E-state index in [0.29, 0.717) is 11.3 Å². The first-order valence-electron chi connectivity index (χ1n) is 5.71. The Bertz CT molecular complexity index is 530. The van der Waals surface area contributed by atoms with Crippen LogP contribution in [0.2, 0.25) is 0 Å². The molecular weight excluding hydrogens is 266 g/mol. The van der Waals surface area contributed by atoms with Crippen LogP contribution < -0.4 is 16.4 Å². The van der Waals surface area contributed by atoms with Crippen molar-refractivity contribution in [3.05, 3.63) is 29.3 Å². The van der Waals surface area contributed by atoms with Gasteiger partial charge in [0, 0.05) is 5.69 Å². The van der Waals surface area contributed by atoms with Crippen molar-refractivity contribution in [1.82, 2.24) is 5.32 Å². The number of carboxylic acids is 1. The van der Waals surface area contributed by atoms with E-state index in [1.165, 1.54) is 18.2 Å². The molecule has 0 saturated heterocycles. The molecule has 0 aliphatic rings. The predicted molar refractivity (Wildman–Crippen MR) is 70.7 cm³/mol. The molecule has 8 heteroatoms. The van der Waals surface area contributed by atoms with Gasteiger partial charge in [-0.15, -0.1) is 0 Å². The number of carboxylic acid groups (broad SMARTS) is 1. The highest BCUT2D eigenvalue weighted by molar-refractivity contribution is 5.92. The molecule has 0 aliphatic heterocycles. The molecule has 5 N–H and O–H groups in total. The molecule has 0 bridgehead atoms. The average molecular weight is 281 g/mol. The van der Waals surface area contributed by atoms with Gasteiger partial charge >= 0.3 is 18.1 Å². The molecule has 0 atom stereocenters. The maximum absolute atomic E-state index is 11.5. The number of carbonyl (C=O) groups excluding carboxylic acids is 2. The van der Waals surface area contributed by atoms with E-state index in [0.717, 1.165) is 0 Å². The molecular formula is C12H15N3O5. The van der Waals surface area contributed by atoms with Crippen molar-refractivity contribution in [3.8, 4) is 0 Å². The summed E-state index contributed by atoms with van der Waals surface area (Å²) in [6.45, 7) is 1.76. The predicted octanol–water partition coefficient (Wildman–Crippen LogP) is 0.910. The summed E-state index contributed by atoms with van der Waals surface area (Å²) in [4.78, 5) is 32.6. The van der Waals surface area contributed by atoms with Crippen LogP contribution in [-0.2, 0) is 4.74 Å². The molecule has 0 unspecified atom stereocenters. The third-order valence-electron chi connectivity index (χ3n) is 2.35. The zero-order valence-corrected chi connectivity index (χ0v) is 10.8. The zero-order valence-electron chi connectivity index (χ0n) is 10.8. The fourth-order valence-corrected chi connectivity index (χ4v) is 1.42. The number of amides is 3. The summed E-state index contributed by atoms with van der Waals surface area (Å²) in [5, 5.41) is 13.8. The third kappa shape index (κ3) is 4.84. The van der Waals surface area contributed by atoms with Gasteiger partial charge in [-0.1, -0.05) is 0 Å². The fourth-order valence-electron chi connectivity index (χ4n) is 1.42. The van der Waals surface area contributed by atoms with Gasteiger partial charge in [0.2, 0.25) is 0 Å². The van der Waals surface area contributed by atoms with Gasteiger partial charge in [0.25, 0.3) is 0 Å². The molecule has 108 valence electrons. The minimum Gasteiger partial charge on any atom is -0.478 e. The van der Waals surface area contributed by atoms with E-state index in [2.05, 4.69) is 15.4 Å². The molecule has 20 heavy (non-hydrogen) atoms. The van der Waals surface area contributed by atoms with Crippen LogP contribution in [0.3, 0.4) is 0 Å². The molecule has 0 heterocycles. The molecule has 0 spiro atoms. The number of aromatic carboxylic acids is 1. The minimum absolute atomic E-state index is 0.0281. The Morgan fingerprint density at radius 3 is 2.60 bits per heavy atom. The lowest BCUT2D eigenvalue weighted by molar-refractivity contribution is 0.0696. The van der Waals surface area contributed by atoms with Crippen molar-refractivity contribution in [1.29, 1.82) is 0 Å². The van der Waals surface area contributed by atoms with Crippen molar-refractivity contribution in [3.63, 3.8) is 0 Å².